The third-order valence-electron chi connectivity index (χ3n) is 1.32. The molecule has 0 amide bonds. The average Bonchev–Trinajstić information content (AvgIpc) is 2.33. The first-order valence-corrected chi connectivity index (χ1v) is 3.60. The Morgan fingerprint density at radius 2 is 2.18 bits per heavy atom. The molecule has 0 saturated heterocycles. The van der Waals surface area contributed by atoms with Crippen molar-refractivity contribution in [2.24, 2.45) is 0 Å². The van der Waals surface area contributed by atoms with Gasteiger partial charge in [-0.1, -0.05) is 25.6 Å². The molecule has 0 atom stereocenters. The highest BCUT2D eigenvalue weighted by Gasteiger charge is 2.08. The van der Waals surface area contributed by atoms with Gasteiger partial charge >= 0.3 is 0 Å². The van der Waals surface area contributed by atoms with Crippen molar-refractivity contribution in [1.82, 2.24) is 10.1 Å². The van der Waals surface area contributed by atoms with E-state index < -0.39 is 0 Å². The topological polar surface area (TPSA) is 38.9 Å². The fourth-order valence-electron chi connectivity index (χ4n) is 0.643. The Bertz CT molecular complexity index is 263. The Balaban J connectivity index is 2.90. The van der Waals surface area contributed by atoms with Crippen LogP contribution in [0.5, 0.6) is 0 Å². The highest BCUT2D eigenvalue weighted by Crippen LogP contribution is 2.13. The van der Waals surface area contributed by atoms with Gasteiger partial charge in [-0.25, -0.2) is 0 Å². The van der Waals surface area contributed by atoms with E-state index in [0.29, 0.717) is 11.8 Å². The van der Waals surface area contributed by atoms with E-state index in [1.54, 1.807) is 0 Å². The highest BCUT2D eigenvalue weighted by atomic mass is 16.5. The lowest BCUT2D eigenvalue weighted by molar-refractivity contribution is 0.398. The molecular formula is C8H12N2O. The maximum atomic E-state index is 4.93. The molecule has 0 radical (unpaired) electrons. The van der Waals surface area contributed by atoms with E-state index >= 15 is 0 Å². The molecule has 0 spiro atoms. The number of nitrogens with zero attached hydrogens (tertiary/aromatic N) is 2. The van der Waals surface area contributed by atoms with Gasteiger partial charge in [0.1, 0.15) is 0 Å². The lowest BCUT2D eigenvalue weighted by atomic mass is 10.2. The second-order valence-corrected chi connectivity index (χ2v) is 2.89. The van der Waals surface area contributed by atoms with Crippen LogP contribution in [0.1, 0.15) is 38.4 Å². The average molecular weight is 152 g/mol. The largest absolute Gasteiger partial charge is 0.334 e. The molecule has 60 valence electrons. The van der Waals surface area contributed by atoms with Gasteiger partial charge in [0.2, 0.25) is 0 Å². The van der Waals surface area contributed by atoms with Gasteiger partial charge in [-0.05, 0) is 6.92 Å². The minimum absolute atomic E-state index is 0.312. The predicted molar refractivity (Wildman–Crippen MR) is 43.1 cm³/mol. The maximum absolute atomic E-state index is 4.93. The second-order valence-electron chi connectivity index (χ2n) is 2.89. The molecule has 0 bridgehead atoms. The Labute approximate surface area is 66.1 Å². The first-order valence-electron chi connectivity index (χ1n) is 3.60. The lowest BCUT2D eigenvalue weighted by Crippen LogP contribution is -1.89. The Morgan fingerprint density at radius 1 is 1.55 bits per heavy atom. The molecule has 0 saturated carbocycles. The Morgan fingerprint density at radius 3 is 2.45 bits per heavy atom. The minimum atomic E-state index is 0.312. The summed E-state index contributed by atoms with van der Waals surface area (Å²) in [6.07, 6.45) is 0. The number of allylic oxidation sites excluding steroid dienone is 1. The second kappa shape index (κ2) is 2.86. The molecule has 1 heterocycles. The molecule has 11 heavy (non-hydrogen) atoms. The normalized spacial score (nSPS) is 10.5. The molecule has 3 heteroatoms. The van der Waals surface area contributed by atoms with Gasteiger partial charge in [0.05, 0.1) is 0 Å². The molecule has 1 rings (SSSR count). The third-order valence-corrected chi connectivity index (χ3v) is 1.32. The first kappa shape index (κ1) is 7.98. The SMILES string of the molecule is C=C(C)c1nc(C(C)C)no1. The summed E-state index contributed by atoms with van der Waals surface area (Å²) in [7, 11) is 0. The smallest absolute Gasteiger partial charge is 0.252 e. The summed E-state index contributed by atoms with van der Waals surface area (Å²) in [4.78, 5) is 4.13. The van der Waals surface area contributed by atoms with Crippen molar-refractivity contribution in [3.8, 4) is 0 Å². The number of aromatic nitrogens is 2. The van der Waals surface area contributed by atoms with Crippen molar-refractivity contribution in [2.75, 3.05) is 0 Å². The van der Waals surface area contributed by atoms with Crippen molar-refractivity contribution in [3.05, 3.63) is 18.3 Å². The van der Waals surface area contributed by atoms with Crippen LogP contribution in [-0.2, 0) is 0 Å². The standard InChI is InChI=1S/C8H12N2O/c1-5(2)7-9-8(6(3)4)11-10-7/h5H,3H2,1-2,4H3. The van der Waals surface area contributed by atoms with Gasteiger partial charge in [0.15, 0.2) is 5.82 Å². The lowest BCUT2D eigenvalue weighted by Gasteiger charge is -1.91. The van der Waals surface area contributed by atoms with Crippen molar-refractivity contribution in [1.29, 1.82) is 0 Å². The van der Waals surface area contributed by atoms with Gasteiger partial charge < -0.3 is 4.52 Å². The molecule has 1 aromatic rings. The fraction of sp³-hybridized carbons (Fsp3) is 0.500. The Hall–Kier alpha value is -1.12. The van der Waals surface area contributed by atoms with E-state index in [9.17, 15) is 0 Å². The summed E-state index contributed by atoms with van der Waals surface area (Å²) >= 11 is 0. The van der Waals surface area contributed by atoms with Crippen LogP contribution in [0.3, 0.4) is 0 Å². The molecule has 1 aromatic heterocycles. The van der Waals surface area contributed by atoms with Crippen LogP contribution in [0.15, 0.2) is 11.1 Å². The molecule has 0 unspecified atom stereocenters. The van der Waals surface area contributed by atoms with Crippen LogP contribution < -0.4 is 0 Å². The highest BCUT2D eigenvalue weighted by molar-refractivity contribution is 5.52. The number of hydrogen-bond acceptors (Lipinski definition) is 3. The zero-order valence-corrected chi connectivity index (χ0v) is 7.09. The molecule has 0 aromatic carbocycles. The fourth-order valence-corrected chi connectivity index (χ4v) is 0.643. The molecule has 0 aliphatic carbocycles. The van der Waals surface area contributed by atoms with E-state index in [-0.39, 0.29) is 0 Å². The maximum Gasteiger partial charge on any atom is 0.252 e. The summed E-state index contributed by atoms with van der Waals surface area (Å²) < 4.78 is 4.93. The van der Waals surface area contributed by atoms with Crippen LogP contribution in [0.2, 0.25) is 0 Å². The van der Waals surface area contributed by atoms with Crippen LogP contribution in [0.4, 0.5) is 0 Å². The van der Waals surface area contributed by atoms with Gasteiger partial charge in [-0.2, -0.15) is 4.98 Å². The third kappa shape index (κ3) is 1.67. The molecule has 0 fully saturated rings. The molecular weight excluding hydrogens is 140 g/mol. The van der Waals surface area contributed by atoms with Gasteiger partial charge in [0.25, 0.3) is 5.89 Å². The van der Waals surface area contributed by atoms with Crippen molar-refractivity contribution >= 4 is 5.57 Å². The van der Waals surface area contributed by atoms with E-state index in [4.69, 9.17) is 4.52 Å². The minimum Gasteiger partial charge on any atom is -0.334 e. The zero-order valence-electron chi connectivity index (χ0n) is 7.09. The van der Waals surface area contributed by atoms with Crippen LogP contribution in [0, 0.1) is 0 Å². The van der Waals surface area contributed by atoms with Gasteiger partial charge in [-0.15, -0.1) is 0 Å². The molecule has 0 aliphatic heterocycles. The van der Waals surface area contributed by atoms with E-state index in [2.05, 4.69) is 16.7 Å². The Kier molecular flexibility index (Phi) is 2.08. The first-order chi connectivity index (χ1) is 5.11. The predicted octanol–water partition coefficient (Wildman–Crippen LogP) is 2.23. The number of hydrogen-bond donors (Lipinski definition) is 0. The summed E-state index contributed by atoms with van der Waals surface area (Å²) in [6.45, 7) is 9.59. The summed E-state index contributed by atoms with van der Waals surface area (Å²) in [5, 5.41) is 3.79. The summed E-state index contributed by atoms with van der Waals surface area (Å²) in [5.74, 6) is 1.59. The summed E-state index contributed by atoms with van der Waals surface area (Å²) in [6, 6.07) is 0. The van der Waals surface area contributed by atoms with Crippen LogP contribution in [-0.4, -0.2) is 10.1 Å². The molecule has 3 nitrogen and oxygen atoms in total. The van der Waals surface area contributed by atoms with Crippen LogP contribution >= 0.6 is 0 Å². The van der Waals surface area contributed by atoms with Crippen molar-refractivity contribution in [2.45, 2.75) is 26.7 Å². The van der Waals surface area contributed by atoms with E-state index in [0.717, 1.165) is 11.4 Å². The zero-order chi connectivity index (χ0) is 8.43. The molecule has 0 aliphatic rings. The van der Waals surface area contributed by atoms with Gasteiger partial charge in [0, 0.05) is 11.5 Å². The van der Waals surface area contributed by atoms with Crippen molar-refractivity contribution < 1.29 is 4.52 Å². The number of rotatable bonds is 2. The van der Waals surface area contributed by atoms with E-state index in [1.165, 1.54) is 0 Å². The van der Waals surface area contributed by atoms with E-state index in [1.807, 2.05) is 20.8 Å². The van der Waals surface area contributed by atoms with Crippen molar-refractivity contribution in [3.63, 3.8) is 0 Å². The van der Waals surface area contributed by atoms with Gasteiger partial charge in [-0.3, -0.25) is 0 Å². The summed E-state index contributed by atoms with van der Waals surface area (Å²) in [5.41, 5.74) is 0.810. The molecule has 0 N–H and O–H groups in total. The monoisotopic (exact) mass is 152 g/mol. The van der Waals surface area contributed by atoms with Crippen LogP contribution in [0.25, 0.3) is 5.57 Å². The quantitative estimate of drug-likeness (QED) is 0.652.